The molecule has 0 aliphatic heterocycles. The summed E-state index contributed by atoms with van der Waals surface area (Å²) in [6, 6.07) is 13.7. The van der Waals surface area contributed by atoms with Gasteiger partial charge < -0.3 is 9.47 Å². The standard InChI is InChI=1S/C15H14BrClO2/c1-18-13-8-7-12(9-16)14(17)15(13)19-10-11-5-3-2-4-6-11/h2-8H,9-10H2,1H3. The maximum atomic E-state index is 6.32. The molecule has 2 aromatic carbocycles. The first-order valence-corrected chi connectivity index (χ1v) is 7.34. The molecule has 0 bridgehead atoms. The summed E-state index contributed by atoms with van der Waals surface area (Å²) in [5.41, 5.74) is 2.07. The smallest absolute Gasteiger partial charge is 0.180 e. The Balaban J connectivity index is 2.23. The Bertz CT molecular complexity index is 543. The van der Waals surface area contributed by atoms with Gasteiger partial charge in [-0.1, -0.05) is 63.9 Å². The number of halogens is 2. The quantitative estimate of drug-likeness (QED) is 0.726. The van der Waals surface area contributed by atoms with Crippen molar-refractivity contribution in [3.63, 3.8) is 0 Å². The van der Waals surface area contributed by atoms with Gasteiger partial charge >= 0.3 is 0 Å². The molecule has 0 saturated heterocycles. The summed E-state index contributed by atoms with van der Waals surface area (Å²) in [5, 5.41) is 1.27. The molecule has 2 aromatic rings. The third kappa shape index (κ3) is 3.43. The third-order valence-electron chi connectivity index (χ3n) is 2.73. The zero-order chi connectivity index (χ0) is 13.7. The van der Waals surface area contributed by atoms with Crippen molar-refractivity contribution in [3.05, 3.63) is 58.6 Å². The molecule has 0 N–H and O–H groups in total. The first kappa shape index (κ1) is 14.2. The lowest BCUT2D eigenvalue weighted by Crippen LogP contribution is -1.99. The lowest BCUT2D eigenvalue weighted by atomic mass is 10.2. The fraction of sp³-hybridized carbons (Fsp3) is 0.200. The Hall–Kier alpha value is -1.19. The molecule has 0 atom stereocenters. The fourth-order valence-electron chi connectivity index (χ4n) is 1.71. The van der Waals surface area contributed by atoms with E-state index in [0.29, 0.717) is 28.5 Å². The van der Waals surface area contributed by atoms with Gasteiger partial charge in [-0.15, -0.1) is 0 Å². The summed E-state index contributed by atoms with van der Waals surface area (Å²) in [7, 11) is 1.61. The Kier molecular flexibility index (Phi) is 5.11. The molecular formula is C15H14BrClO2. The van der Waals surface area contributed by atoms with Crippen molar-refractivity contribution < 1.29 is 9.47 Å². The molecule has 19 heavy (non-hydrogen) atoms. The van der Waals surface area contributed by atoms with Gasteiger partial charge in [0.1, 0.15) is 6.61 Å². The molecule has 2 nitrogen and oxygen atoms in total. The number of methoxy groups -OCH3 is 1. The average Bonchev–Trinajstić information content (AvgIpc) is 2.46. The van der Waals surface area contributed by atoms with Crippen LogP contribution in [0.15, 0.2) is 42.5 Å². The number of benzene rings is 2. The zero-order valence-electron chi connectivity index (χ0n) is 10.5. The Morgan fingerprint density at radius 1 is 1.11 bits per heavy atom. The maximum absolute atomic E-state index is 6.32. The van der Waals surface area contributed by atoms with E-state index in [2.05, 4.69) is 15.9 Å². The highest BCUT2D eigenvalue weighted by Gasteiger charge is 2.13. The molecule has 0 aliphatic carbocycles. The molecule has 100 valence electrons. The highest BCUT2D eigenvalue weighted by molar-refractivity contribution is 9.08. The number of rotatable bonds is 5. The lowest BCUT2D eigenvalue weighted by molar-refractivity contribution is 0.284. The molecule has 0 fully saturated rings. The third-order valence-corrected chi connectivity index (χ3v) is 3.75. The Labute approximate surface area is 126 Å². The van der Waals surface area contributed by atoms with E-state index >= 15 is 0 Å². The minimum atomic E-state index is 0.461. The van der Waals surface area contributed by atoms with Crippen LogP contribution in [0.5, 0.6) is 11.5 Å². The summed E-state index contributed by atoms with van der Waals surface area (Å²) >= 11 is 9.73. The second kappa shape index (κ2) is 6.83. The van der Waals surface area contributed by atoms with Gasteiger partial charge in [0.05, 0.1) is 12.1 Å². The minimum absolute atomic E-state index is 0.461. The van der Waals surface area contributed by atoms with Crippen molar-refractivity contribution in [1.82, 2.24) is 0 Å². The van der Waals surface area contributed by atoms with Crippen molar-refractivity contribution in [2.45, 2.75) is 11.9 Å². The molecule has 0 aromatic heterocycles. The van der Waals surface area contributed by atoms with Crippen LogP contribution in [0.2, 0.25) is 5.02 Å². The van der Waals surface area contributed by atoms with Crippen molar-refractivity contribution in [1.29, 1.82) is 0 Å². The van der Waals surface area contributed by atoms with Gasteiger partial charge in [-0.2, -0.15) is 0 Å². The molecule has 0 saturated carbocycles. The Morgan fingerprint density at radius 2 is 1.84 bits per heavy atom. The SMILES string of the molecule is COc1ccc(CBr)c(Cl)c1OCc1ccccc1. The van der Waals surface area contributed by atoms with Crippen LogP contribution >= 0.6 is 27.5 Å². The van der Waals surface area contributed by atoms with Crippen molar-refractivity contribution in [2.75, 3.05) is 7.11 Å². The van der Waals surface area contributed by atoms with Crippen LogP contribution in [0.4, 0.5) is 0 Å². The molecule has 0 unspecified atom stereocenters. The van der Waals surface area contributed by atoms with Crippen LogP contribution < -0.4 is 9.47 Å². The largest absolute Gasteiger partial charge is 0.493 e. The average molecular weight is 342 g/mol. The molecule has 0 radical (unpaired) electrons. The second-order valence-electron chi connectivity index (χ2n) is 3.98. The van der Waals surface area contributed by atoms with E-state index in [-0.39, 0.29) is 0 Å². The van der Waals surface area contributed by atoms with E-state index in [9.17, 15) is 0 Å². The van der Waals surface area contributed by atoms with E-state index in [1.54, 1.807) is 7.11 Å². The summed E-state index contributed by atoms with van der Waals surface area (Å²) < 4.78 is 11.1. The summed E-state index contributed by atoms with van der Waals surface area (Å²) in [4.78, 5) is 0. The predicted molar refractivity (Wildman–Crippen MR) is 81.4 cm³/mol. The van der Waals surface area contributed by atoms with Gasteiger partial charge in [-0.05, 0) is 17.2 Å². The van der Waals surface area contributed by atoms with Crippen LogP contribution in [0.1, 0.15) is 11.1 Å². The molecule has 0 heterocycles. The highest BCUT2D eigenvalue weighted by Crippen LogP contribution is 2.38. The maximum Gasteiger partial charge on any atom is 0.180 e. The molecular weight excluding hydrogens is 328 g/mol. The van der Waals surface area contributed by atoms with E-state index in [4.69, 9.17) is 21.1 Å². The predicted octanol–water partition coefficient (Wildman–Crippen LogP) is 4.82. The zero-order valence-corrected chi connectivity index (χ0v) is 12.9. The Morgan fingerprint density at radius 3 is 2.47 bits per heavy atom. The molecule has 0 amide bonds. The van der Waals surface area contributed by atoms with Gasteiger partial charge in [0.15, 0.2) is 11.5 Å². The molecule has 4 heteroatoms. The fourth-order valence-corrected chi connectivity index (χ4v) is 2.61. The minimum Gasteiger partial charge on any atom is -0.493 e. The van der Waals surface area contributed by atoms with Gasteiger partial charge in [0.25, 0.3) is 0 Å². The molecule has 0 spiro atoms. The summed E-state index contributed by atoms with van der Waals surface area (Å²) in [6.45, 7) is 0.461. The van der Waals surface area contributed by atoms with Gasteiger partial charge in [0, 0.05) is 5.33 Å². The lowest BCUT2D eigenvalue weighted by Gasteiger charge is -2.14. The van der Waals surface area contributed by atoms with Gasteiger partial charge in [0.2, 0.25) is 0 Å². The topological polar surface area (TPSA) is 18.5 Å². The van der Waals surface area contributed by atoms with Crippen LogP contribution in [0.3, 0.4) is 0 Å². The van der Waals surface area contributed by atoms with E-state index in [1.165, 1.54) is 0 Å². The van der Waals surface area contributed by atoms with Gasteiger partial charge in [-0.25, -0.2) is 0 Å². The van der Waals surface area contributed by atoms with Crippen LogP contribution in [-0.4, -0.2) is 7.11 Å². The first-order valence-electron chi connectivity index (χ1n) is 5.84. The van der Waals surface area contributed by atoms with Crippen molar-refractivity contribution in [3.8, 4) is 11.5 Å². The van der Waals surface area contributed by atoms with Crippen molar-refractivity contribution >= 4 is 27.5 Å². The number of hydrogen-bond acceptors (Lipinski definition) is 2. The number of alkyl halides is 1. The van der Waals surface area contributed by atoms with Crippen LogP contribution in [-0.2, 0) is 11.9 Å². The first-order chi connectivity index (χ1) is 9.26. The number of ether oxygens (including phenoxy) is 2. The van der Waals surface area contributed by atoms with Crippen molar-refractivity contribution in [2.24, 2.45) is 0 Å². The van der Waals surface area contributed by atoms with E-state index < -0.39 is 0 Å². The normalized spacial score (nSPS) is 10.3. The second-order valence-corrected chi connectivity index (χ2v) is 4.92. The summed E-state index contributed by atoms with van der Waals surface area (Å²) in [6.07, 6.45) is 0. The monoisotopic (exact) mass is 340 g/mol. The molecule has 0 aliphatic rings. The van der Waals surface area contributed by atoms with Crippen LogP contribution in [0.25, 0.3) is 0 Å². The van der Waals surface area contributed by atoms with E-state index in [0.717, 1.165) is 11.1 Å². The summed E-state index contributed by atoms with van der Waals surface area (Å²) in [5.74, 6) is 1.23. The highest BCUT2D eigenvalue weighted by atomic mass is 79.9. The van der Waals surface area contributed by atoms with Crippen LogP contribution in [0, 0.1) is 0 Å². The molecule has 2 rings (SSSR count). The van der Waals surface area contributed by atoms with E-state index in [1.807, 2.05) is 42.5 Å². The van der Waals surface area contributed by atoms with Gasteiger partial charge in [-0.3, -0.25) is 0 Å². The number of hydrogen-bond donors (Lipinski definition) is 0.